The van der Waals surface area contributed by atoms with Crippen LogP contribution in [0.25, 0.3) is 0 Å². The van der Waals surface area contributed by atoms with Crippen LogP contribution in [0.15, 0.2) is 65.8 Å². The van der Waals surface area contributed by atoms with Gasteiger partial charge in [0.25, 0.3) is 5.91 Å². The third-order valence-electron chi connectivity index (χ3n) is 4.82. The van der Waals surface area contributed by atoms with Crippen molar-refractivity contribution in [3.8, 4) is 28.7 Å². The van der Waals surface area contributed by atoms with Gasteiger partial charge in [0, 0.05) is 5.56 Å². The first-order valence-electron chi connectivity index (χ1n) is 10.7. The number of ether oxygens (including phenoxy) is 5. The van der Waals surface area contributed by atoms with Crippen molar-refractivity contribution in [2.45, 2.75) is 6.92 Å². The molecule has 0 bridgehead atoms. The lowest BCUT2D eigenvalue weighted by molar-refractivity contribution is 0.0728. The summed E-state index contributed by atoms with van der Waals surface area (Å²) in [6.07, 6.45) is 1.45. The van der Waals surface area contributed by atoms with E-state index in [9.17, 15) is 9.59 Å². The van der Waals surface area contributed by atoms with Gasteiger partial charge in [0.2, 0.25) is 0 Å². The number of amides is 1. The maximum absolute atomic E-state index is 12.5. The van der Waals surface area contributed by atoms with Gasteiger partial charge in [-0.15, -0.1) is 0 Å². The van der Waals surface area contributed by atoms with Crippen molar-refractivity contribution in [2.75, 3.05) is 27.9 Å². The number of nitrogens with zero attached hydrogens (tertiary/aromatic N) is 1. The molecule has 0 saturated heterocycles. The summed E-state index contributed by atoms with van der Waals surface area (Å²) < 4.78 is 26.6. The molecular formula is C26H26N2O7. The molecule has 0 aromatic heterocycles. The van der Waals surface area contributed by atoms with Crippen LogP contribution in [0.2, 0.25) is 0 Å². The Morgan fingerprint density at radius 2 is 1.49 bits per heavy atom. The van der Waals surface area contributed by atoms with Gasteiger partial charge in [-0.2, -0.15) is 5.10 Å². The highest BCUT2D eigenvalue weighted by molar-refractivity contribution is 5.95. The van der Waals surface area contributed by atoms with E-state index in [2.05, 4.69) is 10.5 Å². The Hall–Kier alpha value is -4.53. The van der Waals surface area contributed by atoms with Crippen LogP contribution in [0.1, 0.15) is 33.2 Å². The fourth-order valence-corrected chi connectivity index (χ4v) is 3.05. The standard InChI is InChI=1S/C26H26N2O7/c1-5-34-24-14-17(6-12-22(24)35-26(30)18-7-10-20(31-2)11-8-18)16-27-28-25(29)19-9-13-21(32-3)23(15-19)33-4/h6-16H,5H2,1-4H3,(H,28,29)/b27-16+. The molecule has 9 nitrogen and oxygen atoms in total. The fourth-order valence-electron chi connectivity index (χ4n) is 3.05. The molecule has 0 heterocycles. The number of carbonyl (C=O) groups is 2. The van der Waals surface area contributed by atoms with Crippen molar-refractivity contribution in [2.24, 2.45) is 5.10 Å². The average Bonchev–Trinajstić information content (AvgIpc) is 2.89. The molecule has 1 amide bonds. The monoisotopic (exact) mass is 478 g/mol. The summed E-state index contributed by atoms with van der Waals surface area (Å²) in [5, 5.41) is 4.00. The first kappa shape index (κ1) is 25.1. The number of methoxy groups -OCH3 is 3. The van der Waals surface area contributed by atoms with E-state index in [4.69, 9.17) is 23.7 Å². The molecule has 3 rings (SSSR count). The normalized spacial score (nSPS) is 10.5. The Labute approximate surface area is 203 Å². The maximum Gasteiger partial charge on any atom is 0.343 e. The summed E-state index contributed by atoms with van der Waals surface area (Å²) in [5.41, 5.74) is 3.82. The zero-order valence-electron chi connectivity index (χ0n) is 19.9. The molecule has 0 saturated carbocycles. The quantitative estimate of drug-likeness (QED) is 0.202. The van der Waals surface area contributed by atoms with Gasteiger partial charge < -0.3 is 23.7 Å². The molecule has 182 valence electrons. The Balaban J connectivity index is 1.69. The van der Waals surface area contributed by atoms with Crippen LogP contribution in [0, 0.1) is 0 Å². The molecule has 35 heavy (non-hydrogen) atoms. The Morgan fingerprint density at radius 1 is 0.800 bits per heavy atom. The van der Waals surface area contributed by atoms with E-state index in [1.165, 1.54) is 20.4 Å². The van der Waals surface area contributed by atoms with Crippen LogP contribution in [0.5, 0.6) is 28.7 Å². The minimum absolute atomic E-state index is 0.263. The second-order valence-corrected chi connectivity index (χ2v) is 7.03. The SMILES string of the molecule is CCOc1cc(/C=N/NC(=O)c2ccc(OC)c(OC)c2)ccc1OC(=O)c1ccc(OC)cc1. The molecule has 0 fully saturated rings. The third-order valence-corrected chi connectivity index (χ3v) is 4.82. The second kappa shape index (κ2) is 12.1. The van der Waals surface area contributed by atoms with Gasteiger partial charge in [-0.1, -0.05) is 0 Å². The molecule has 0 aliphatic rings. The lowest BCUT2D eigenvalue weighted by atomic mass is 10.2. The molecular weight excluding hydrogens is 452 g/mol. The number of benzene rings is 3. The summed E-state index contributed by atoms with van der Waals surface area (Å²) in [7, 11) is 4.56. The molecule has 0 atom stereocenters. The first-order chi connectivity index (χ1) is 17.0. The van der Waals surface area contributed by atoms with E-state index < -0.39 is 11.9 Å². The minimum Gasteiger partial charge on any atom is -0.497 e. The predicted octanol–water partition coefficient (Wildman–Crippen LogP) is 4.09. The largest absolute Gasteiger partial charge is 0.497 e. The van der Waals surface area contributed by atoms with E-state index in [1.807, 2.05) is 6.92 Å². The van der Waals surface area contributed by atoms with Gasteiger partial charge in [0.15, 0.2) is 23.0 Å². The number of hydrogen-bond donors (Lipinski definition) is 1. The fraction of sp³-hybridized carbons (Fsp3) is 0.192. The summed E-state index contributed by atoms with van der Waals surface area (Å²) >= 11 is 0. The van der Waals surface area contributed by atoms with Crippen LogP contribution in [-0.4, -0.2) is 46.0 Å². The number of rotatable bonds is 10. The zero-order chi connectivity index (χ0) is 25.2. The molecule has 0 unspecified atom stereocenters. The van der Waals surface area contributed by atoms with Gasteiger partial charge in [-0.25, -0.2) is 10.2 Å². The Morgan fingerprint density at radius 3 is 2.14 bits per heavy atom. The van der Waals surface area contributed by atoms with Crippen molar-refractivity contribution in [3.63, 3.8) is 0 Å². The smallest absolute Gasteiger partial charge is 0.343 e. The van der Waals surface area contributed by atoms with Crippen LogP contribution in [0.3, 0.4) is 0 Å². The molecule has 0 spiro atoms. The zero-order valence-corrected chi connectivity index (χ0v) is 19.9. The van der Waals surface area contributed by atoms with Crippen molar-refractivity contribution >= 4 is 18.1 Å². The number of esters is 1. The van der Waals surface area contributed by atoms with E-state index in [0.717, 1.165) is 0 Å². The molecule has 0 aliphatic heterocycles. The highest BCUT2D eigenvalue weighted by Gasteiger charge is 2.14. The summed E-state index contributed by atoms with van der Waals surface area (Å²) in [4.78, 5) is 24.9. The van der Waals surface area contributed by atoms with Crippen LogP contribution >= 0.6 is 0 Å². The van der Waals surface area contributed by atoms with E-state index in [-0.39, 0.29) is 5.75 Å². The van der Waals surface area contributed by atoms with E-state index in [1.54, 1.807) is 67.8 Å². The topological polar surface area (TPSA) is 105 Å². The Bertz CT molecular complexity index is 1210. The van der Waals surface area contributed by atoms with Crippen molar-refractivity contribution in [1.82, 2.24) is 5.43 Å². The van der Waals surface area contributed by atoms with E-state index >= 15 is 0 Å². The highest BCUT2D eigenvalue weighted by Crippen LogP contribution is 2.29. The number of carbonyl (C=O) groups excluding carboxylic acids is 2. The highest BCUT2D eigenvalue weighted by atomic mass is 16.6. The Kier molecular flexibility index (Phi) is 8.66. The van der Waals surface area contributed by atoms with Gasteiger partial charge in [0.1, 0.15) is 5.75 Å². The van der Waals surface area contributed by atoms with Crippen molar-refractivity contribution in [3.05, 3.63) is 77.4 Å². The van der Waals surface area contributed by atoms with Gasteiger partial charge in [0.05, 0.1) is 39.7 Å². The van der Waals surface area contributed by atoms with E-state index in [0.29, 0.717) is 46.3 Å². The number of hydrogen-bond acceptors (Lipinski definition) is 8. The summed E-state index contributed by atoms with van der Waals surface area (Å²) in [6.45, 7) is 2.18. The maximum atomic E-state index is 12.5. The minimum atomic E-state index is -0.530. The molecule has 9 heteroatoms. The average molecular weight is 479 g/mol. The van der Waals surface area contributed by atoms with Crippen LogP contribution in [0.4, 0.5) is 0 Å². The first-order valence-corrected chi connectivity index (χ1v) is 10.7. The van der Waals surface area contributed by atoms with Gasteiger partial charge in [-0.05, 0) is 73.2 Å². The van der Waals surface area contributed by atoms with Gasteiger partial charge in [-0.3, -0.25) is 4.79 Å². The summed E-state index contributed by atoms with van der Waals surface area (Å²) in [6, 6.07) is 16.3. The van der Waals surface area contributed by atoms with Gasteiger partial charge >= 0.3 is 5.97 Å². The van der Waals surface area contributed by atoms with Crippen LogP contribution in [-0.2, 0) is 0 Å². The lowest BCUT2D eigenvalue weighted by Crippen LogP contribution is -2.17. The number of hydrazone groups is 1. The molecule has 3 aromatic rings. The summed E-state index contributed by atoms with van der Waals surface area (Å²) in [5.74, 6) is 1.27. The number of nitrogens with one attached hydrogen (secondary N) is 1. The predicted molar refractivity (Wildman–Crippen MR) is 130 cm³/mol. The second-order valence-electron chi connectivity index (χ2n) is 7.03. The van der Waals surface area contributed by atoms with Crippen molar-refractivity contribution in [1.29, 1.82) is 0 Å². The molecule has 3 aromatic carbocycles. The lowest BCUT2D eigenvalue weighted by Gasteiger charge is -2.11. The van der Waals surface area contributed by atoms with Crippen molar-refractivity contribution < 1.29 is 33.3 Å². The third kappa shape index (κ3) is 6.50. The molecule has 0 aliphatic carbocycles. The van der Waals surface area contributed by atoms with Crippen LogP contribution < -0.4 is 29.1 Å². The molecule has 0 radical (unpaired) electrons. The molecule has 1 N–H and O–H groups in total.